The van der Waals surface area contributed by atoms with Gasteiger partial charge in [-0.25, -0.2) is 0 Å². The second kappa shape index (κ2) is 14.3. The maximum atomic E-state index is 12.4. The summed E-state index contributed by atoms with van der Waals surface area (Å²) in [6.07, 6.45) is 28.6. The predicted molar refractivity (Wildman–Crippen MR) is 181 cm³/mol. The molecule has 230 valence electrons. The van der Waals surface area contributed by atoms with E-state index in [1.165, 1.54) is 5.57 Å². The van der Waals surface area contributed by atoms with Crippen molar-refractivity contribution in [3.8, 4) is 0 Å². The number of carbonyl (C=O) groups is 2. The highest BCUT2D eigenvalue weighted by molar-refractivity contribution is 5.97. The van der Waals surface area contributed by atoms with Gasteiger partial charge in [-0.1, -0.05) is 99.1 Å². The maximum absolute atomic E-state index is 12.4. The van der Waals surface area contributed by atoms with Gasteiger partial charge in [0.05, 0.1) is 12.0 Å². The van der Waals surface area contributed by atoms with Gasteiger partial charge < -0.3 is 4.74 Å². The van der Waals surface area contributed by atoms with E-state index >= 15 is 0 Å². The van der Waals surface area contributed by atoms with Gasteiger partial charge in [0.2, 0.25) is 0 Å². The molecule has 1 heterocycles. The van der Waals surface area contributed by atoms with Gasteiger partial charge in [-0.2, -0.15) is 0 Å². The van der Waals surface area contributed by atoms with E-state index in [4.69, 9.17) is 4.74 Å². The number of ketones is 2. The second-order valence-corrected chi connectivity index (χ2v) is 13.8. The Bertz CT molecular complexity index is 1420. The van der Waals surface area contributed by atoms with E-state index in [1.807, 2.05) is 20.8 Å². The molecule has 2 atom stereocenters. The Hall–Kier alpha value is -3.46. The Balaban J connectivity index is 1.78. The third-order valence-corrected chi connectivity index (χ3v) is 9.14. The molecule has 0 radical (unpaired) electrons. The van der Waals surface area contributed by atoms with Crippen molar-refractivity contribution in [2.24, 2.45) is 22.7 Å². The van der Waals surface area contributed by atoms with E-state index < -0.39 is 0 Å². The number of hydrogen-bond acceptors (Lipinski definition) is 3. The molecule has 0 spiro atoms. The Morgan fingerprint density at radius 2 is 1.23 bits per heavy atom. The molecular formula is C40H52O3. The molecule has 0 saturated heterocycles. The van der Waals surface area contributed by atoms with Gasteiger partial charge in [-0.3, -0.25) is 9.59 Å². The molecule has 0 aromatic heterocycles. The van der Waals surface area contributed by atoms with Crippen LogP contribution < -0.4 is 0 Å². The number of Topliss-reactive ketones (excluding diaryl/α,β-unsaturated/α-hetero) is 2. The molecular weight excluding hydrogens is 528 g/mol. The lowest BCUT2D eigenvalue weighted by Gasteiger charge is -2.32. The van der Waals surface area contributed by atoms with Crippen LogP contribution in [0, 0.1) is 22.7 Å². The minimum atomic E-state index is 0.00318. The first-order chi connectivity index (χ1) is 20.1. The average Bonchev–Trinajstić information content (AvgIpc) is 3.08. The number of hydrogen-bond donors (Lipinski definition) is 0. The highest BCUT2D eigenvalue weighted by Gasteiger charge is 2.31. The molecule has 3 aliphatic rings. The van der Waals surface area contributed by atoms with Crippen LogP contribution in [0.5, 0.6) is 0 Å². The first-order valence-corrected chi connectivity index (χ1v) is 15.7. The van der Waals surface area contributed by atoms with E-state index in [1.54, 1.807) is 6.26 Å². The Morgan fingerprint density at radius 1 is 0.744 bits per heavy atom. The van der Waals surface area contributed by atoms with Crippen LogP contribution in [0.4, 0.5) is 0 Å². The molecule has 0 aromatic rings. The van der Waals surface area contributed by atoms with Crippen LogP contribution in [-0.2, 0) is 14.3 Å². The quantitative estimate of drug-likeness (QED) is 0.268. The molecule has 0 amide bonds. The number of carbonyl (C=O) groups excluding carboxylic acids is 2. The van der Waals surface area contributed by atoms with E-state index in [0.29, 0.717) is 12.8 Å². The van der Waals surface area contributed by atoms with E-state index in [9.17, 15) is 9.59 Å². The van der Waals surface area contributed by atoms with Crippen LogP contribution in [0.15, 0.2) is 118 Å². The molecule has 0 aromatic carbocycles. The standard InChI is InChI=1S/C40H52O3/c1-27(14-16-35-31(5)37(41)18-21-39(35,7)8)12-11-13-28(2)24-33-20-23-43-30(4)26-34(33)25-29(3)15-17-36-32(6)38(42)19-22-40(36,9)10/h11-17,20,23-26,33-34H,18-19,21-22H2,1-10H3/b13-11+,16-14+,17-15+,27-12+,28-24+,29-25+. The first kappa shape index (κ1) is 34.0. The lowest BCUT2D eigenvalue weighted by molar-refractivity contribution is -0.117. The molecule has 0 bridgehead atoms. The number of rotatable bonds is 8. The van der Waals surface area contributed by atoms with Crippen molar-refractivity contribution >= 4 is 11.6 Å². The van der Waals surface area contributed by atoms with Gasteiger partial charge in [-0.05, 0) is 99.7 Å². The van der Waals surface area contributed by atoms with Crippen LogP contribution in [0.25, 0.3) is 0 Å². The molecule has 3 rings (SSSR count). The highest BCUT2D eigenvalue weighted by Crippen LogP contribution is 2.40. The maximum Gasteiger partial charge on any atom is 0.158 e. The Kier molecular flexibility index (Phi) is 11.4. The summed E-state index contributed by atoms with van der Waals surface area (Å²) in [5.41, 5.74) is 7.57. The molecule has 3 heteroatoms. The zero-order valence-corrected chi connectivity index (χ0v) is 28.1. The second-order valence-electron chi connectivity index (χ2n) is 13.8. The van der Waals surface area contributed by atoms with Gasteiger partial charge in [0.25, 0.3) is 0 Å². The van der Waals surface area contributed by atoms with Gasteiger partial charge in [-0.15, -0.1) is 0 Å². The van der Waals surface area contributed by atoms with E-state index in [0.717, 1.165) is 52.0 Å². The topological polar surface area (TPSA) is 43.4 Å². The fourth-order valence-corrected chi connectivity index (χ4v) is 6.18. The van der Waals surface area contributed by atoms with Gasteiger partial charge in [0, 0.05) is 24.7 Å². The average molecular weight is 581 g/mol. The minimum absolute atomic E-state index is 0.00318. The van der Waals surface area contributed by atoms with Gasteiger partial charge >= 0.3 is 0 Å². The smallest absolute Gasteiger partial charge is 0.158 e. The largest absolute Gasteiger partial charge is 0.470 e. The summed E-state index contributed by atoms with van der Waals surface area (Å²) in [5.74, 6) is 1.69. The van der Waals surface area contributed by atoms with Crippen molar-refractivity contribution in [1.29, 1.82) is 0 Å². The van der Waals surface area contributed by atoms with Crippen molar-refractivity contribution in [2.75, 3.05) is 0 Å². The summed E-state index contributed by atoms with van der Waals surface area (Å²) in [7, 11) is 0. The summed E-state index contributed by atoms with van der Waals surface area (Å²) in [5, 5.41) is 0. The van der Waals surface area contributed by atoms with E-state index in [-0.39, 0.29) is 34.2 Å². The fourth-order valence-electron chi connectivity index (χ4n) is 6.18. The summed E-state index contributed by atoms with van der Waals surface area (Å²) in [6.45, 7) is 21.1. The van der Waals surface area contributed by atoms with Crippen LogP contribution in [-0.4, -0.2) is 11.6 Å². The summed E-state index contributed by atoms with van der Waals surface area (Å²) in [4.78, 5) is 24.6. The normalized spacial score (nSPS) is 25.7. The zero-order chi connectivity index (χ0) is 31.9. The number of ether oxygens (including phenoxy) is 1. The molecule has 43 heavy (non-hydrogen) atoms. The van der Waals surface area contributed by atoms with Crippen LogP contribution in [0.2, 0.25) is 0 Å². The monoisotopic (exact) mass is 580 g/mol. The van der Waals surface area contributed by atoms with Crippen molar-refractivity contribution in [3.05, 3.63) is 118 Å². The summed E-state index contributed by atoms with van der Waals surface area (Å²) < 4.78 is 5.75. The highest BCUT2D eigenvalue weighted by atomic mass is 16.5. The van der Waals surface area contributed by atoms with E-state index in [2.05, 4.69) is 115 Å². The van der Waals surface area contributed by atoms with Crippen molar-refractivity contribution in [1.82, 2.24) is 0 Å². The SMILES string of the molecule is CC1=CC(/C=C(C)/C=C/C2=C(C)C(=O)CCC2(C)C)C(/C=C(C)/C=C/C=C(C)/C=C/C2=C(C)C(=O)CCC2(C)C)C=CO1. The van der Waals surface area contributed by atoms with Crippen LogP contribution in [0.3, 0.4) is 0 Å². The zero-order valence-electron chi connectivity index (χ0n) is 28.1. The van der Waals surface area contributed by atoms with Crippen molar-refractivity contribution in [3.63, 3.8) is 0 Å². The third-order valence-electron chi connectivity index (χ3n) is 9.14. The Morgan fingerprint density at radius 3 is 1.79 bits per heavy atom. The lowest BCUT2D eigenvalue weighted by atomic mass is 9.72. The fraction of sp³-hybridized carbons (Fsp3) is 0.450. The summed E-state index contributed by atoms with van der Waals surface area (Å²) in [6, 6.07) is 0. The predicted octanol–water partition coefficient (Wildman–Crippen LogP) is 10.6. The van der Waals surface area contributed by atoms with Crippen molar-refractivity contribution < 1.29 is 14.3 Å². The lowest BCUT2D eigenvalue weighted by Crippen LogP contribution is -2.24. The van der Waals surface area contributed by atoms with Gasteiger partial charge in [0.1, 0.15) is 0 Å². The first-order valence-electron chi connectivity index (χ1n) is 15.7. The number of allylic oxidation sites excluding steroid dienone is 19. The molecule has 0 N–H and O–H groups in total. The van der Waals surface area contributed by atoms with Crippen molar-refractivity contribution in [2.45, 2.75) is 94.9 Å². The molecule has 0 fully saturated rings. The Labute approximate surface area is 260 Å². The van der Waals surface area contributed by atoms with Crippen LogP contribution in [0.1, 0.15) is 94.9 Å². The summed E-state index contributed by atoms with van der Waals surface area (Å²) >= 11 is 0. The minimum Gasteiger partial charge on any atom is -0.470 e. The van der Waals surface area contributed by atoms with Gasteiger partial charge in [0.15, 0.2) is 11.6 Å². The third kappa shape index (κ3) is 9.26. The molecule has 1 aliphatic heterocycles. The molecule has 2 unspecified atom stereocenters. The molecule has 3 nitrogen and oxygen atoms in total. The van der Waals surface area contributed by atoms with Crippen LogP contribution >= 0.6 is 0 Å². The molecule has 2 aliphatic carbocycles. The molecule has 0 saturated carbocycles.